The first-order chi connectivity index (χ1) is 9.70. The summed E-state index contributed by atoms with van der Waals surface area (Å²) in [6.45, 7) is 0. The van der Waals surface area contributed by atoms with E-state index >= 15 is 0 Å². The van der Waals surface area contributed by atoms with Crippen LogP contribution in [0, 0.1) is 0 Å². The predicted molar refractivity (Wildman–Crippen MR) is 80.4 cm³/mol. The number of esters is 1. The topological polar surface area (TPSA) is 26.3 Å². The summed E-state index contributed by atoms with van der Waals surface area (Å²) in [6, 6.07) is 4.28. The summed E-state index contributed by atoms with van der Waals surface area (Å²) in [6.07, 6.45) is 8.28. The summed E-state index contributed by atoms with van der Waals surface area (Å²) in [5, 5.41) is 0.839. The minimum absolute atomic E-state index is 0.118. The monoisotopic (exact) mass is 292 g/mol. The van der Waals surface area contributed by atoms with Crippen LogP contribution in [0.2, 0.25) is 5.02 Å². The molecule has 0 aliphatic heterocycles. The third-order valence-corrected chi connectivity index (χ3v) is 5.19. The number of benzene rings is 1. The molecule has 1 atom stereocenters. The van der Waals surface area contributed by atoms with Crippen molar-refractivity contribution in [1.29, 1.82) is 0 Å². The van der Waals surface area contributed by atoms with Crippen molar-refractivity contribution in [3.63, 3.8) is 0 Å². The van der Waals surface area contributed by atoms with Gasteiger partial charge in [-0.05, 0) is 54.4 Å². The van der Waals surface area contributed by atoms with Crippen LogP contribution in [0.25, 0.3) is 0 Å². The Balaban J connectivity index is 1.91. The van der Waals surface area contributed by atoms with Gasteiger partial charge in [-0.2, -0.15) is 0 Å². The highest BCUT2D eigenvalue weighted by Gasteiger charge is 2.31. The van der Waals surface area contributed by atoms with E-state index in [0.29, 0.717) is 5.92 Å². The number of carbonyl (C=O) groups excluding carboxylic acids is 1. The zero-order valence-corrected chi connectivity index (χ0v) is 12.7. The highest BCUT2D eigenvalue weighted by atomic mass is 35.5. The van der Waals surface area contributed by atoms with Gasteiger partial charge in [0.15, 0.2) is 0 Å². The number of methoxy groups -OCH3 is 1. The Hall–Kier alpha value is -1.02. The molecule has 20 heavy (non-hydrogen) atoms. The van der Waals surface area contributed by atoms with Gasteiger partial charge in [-0.25, -0.2) is 0 Å². The SMILES string of the molecule is COC(=O)[C@H]1CCc2cc(C3CCCCC3)c(Cl)cc21. The number of ether oxygens (including phenoxy) is 1. The molecule has 0 unspecified atom stereocenters. The van der Waals surface area contributed by atoms with Gasteiger partial charge in [-0.1, -0.05) is 36.9 Å². The molecule has 0 bridgehead atoms. The Kier molecular flexibility index (Phi) is 4.02. The third kappa shape index (κ3) is 2.46. The Labute approximate surface area is 125 Å². The Morgan fingerprint density at radius 3 is 2.60 bits per heavy atom. The van der Waals surface area contributed by atoms with E-state index in [4.69, 9.17) is 16.3 Å². The molecule has 2 nitrogen and oxygen atoms in total. The number of hydrogen-bond donors (Lipinski definition) is 0. The number of carbonyl (C=O) groups is 1. The maximum Gasteiger partial charge on any atom is 0.313 e. The molecular formula is C17H21ClO2. The molecule has 3 heteroatoms. The van der Waals surface area contributed by atoms with Crippen LogP contribution in [0.15, 0.2) is 12.1 Å². The van der Waals surface area contributed by atoms with Crippen LogP contribution in [0.1, 0.15) is 67.1 Å². The lowest BCUT2D eigenvalue weighted by atomic mass is 9.83. The summed E-state index contributed by atoms with van der Waals surface area (Å²) in [7, 11) is 1.46. The normalized spacial score (nSPS) is 22.6. The van der Waals surface area contributed by atoms with Crippen LogP contribution < -0.4 is 0 Å². The lowest BCUT2D eigenvalue weighted by molar-refractivity contribution is -0.142. The molecule has 2 aliphatic carbocycles. The average molecular weight is 293 g/mol. The van der Waals surface area contributed by atoms with Crippen molar-refractivity contribution < 1.29 is 9.53 Å². The van der Waals surface area contributed by atoms with Crippen LogP contribution in [0.5, 0.6) is 0 Å². The summed E-state index contributed by atoms with van der Waals surface area (Å²) in [5.74, 6) is 0.358. The third-order valence-electron chi connectivity index (χ3n) is 4.87. The van der Waals surface area contributed by atoms with Gasteiger partial charge in [0.1, 0.15) is 0 Å². The number of hydrogen-bond acceptors (Lipinski definition) is 2. The number of rotatable bonds is 2. The first kappa shape index (κ1) is 13.9. The maximum atomic E-state index is 11.8. The van der Waals surface area contributed by atoms with Gasteiger partial charge < -0.3 is 4.74 Å². The second-order valence-electron chi connectivity index (χ2n) is 6.02. The van der Waals surface area contributed by atoms with Crippen molar-refractivity contribution in [2.75, 3.05) is 7.11 Å². The Morgan fingerprint density at radius 2 is 1.90 bits per heavy atom. The van der Waals surface area contributed by atoms with Gasteiger partial charge in [0.2, 0.25) is 0 Å². The van der Waals surface area contributed by atoms with E-state index in [-0.39, 0.29) is 11.9 Å². The molecule has 108 valence electrons. The maximum absolute atomic E-state index is 11.8. The van der Waals surface area contributed by atoms with Gasteiger partial charge in [-0.3, -0.25) is 4.79 Å². The summed E-state index contributed by atoms with van der Waals surface area (Å²) in [4.78, 5) is 11.8. The van der Waals surface area contributed by atoms with E-state index in [9.17, 15) is 4.79 Å². The van der Waals surface area contributed by atoms with Gasteiger partial charge in [0, 0.05) is 5.02 Å². The van der Waals surface area contributed by atoms with Crippen LogP contribution >= 0.6 is 11.6 Å². The smallest absolute Gasteiger partial charge is 0.313 e. The summed E-state index contributed by atoms with van der Waals surface area (Å²) in [5.41, 5.74) is 3.68. The first-order valence-electron chi connectivity index (χ1n) is 7.60. The zero-order valence-electron chi connectivity index (χ0n) is 12.0. The minimum atomic E-state index is -0.134. The fourth-order valence-corrected chi connectivity index (χ4v) is 4.09. The molecule has 1 fully saturated rings. The second-order valence-corrected chi connectivity index (χ2v) is 6.43. The molecule has 0 radical (unpaired) electrons. The van der Waals surface area contributed by atoms with Crippen molar-refractivity contribution in [2.24, 2.45) is 0 Å². The van der Waals surface area contributed by atoms with E-state index < -0.39 is 0 Å². The molecule has 3 rings (SSSR count). The van der Waals surface area contributed by atoms with Gasteiger partial charge in [-0.15, -0.1) is 0 Å². The standard InChI is InChI=1S/C17H21ClO2/c1-20-17(19)13-8-7-12-9-15(16(18)10-14(12)13)11-5-3-2-4-6-11/h9-11,13H,2-8H2,1H3/t13-/m0/s1. The van der Waals surface area contributed by atoms with Crippen LogP contribution in [-0.4, -0.2) is 13.1 Å². The van der Waals surface area contributed by atoms with Crippen LogP contribution in [-0.2, 0) is 16.0 Å². The largest absolute Gasteiger partial charge is 0.469 e. The molecule has 0 aromatic heterocycles. The van der Waals surface area contributed by atoms with E-state index in [1.807, 2.05) is 6.07 Å². The molecule has 0 N–H and O–H groups in total. The van der Waals surface area contributed by atoms with Crippen molar-refractivity contribution in [2.45, 2.75) is 56.8 Å². The highest BCUT2D eigenvalue weighted by Crippen LogP contribution is 2.42. The molecular weight excluding hydrogens is 272 g/mol. The Bertz CT molecular complexity index is 518. The number of aryl methyl sites for hydroxylation is 1. The van der Waals surface area contributed by atoms with Gasteiger partial charge in [0.25, 0.3) is 0 Å². The molecule has 0 saturated heterocycles. The number of fused-ring (bicyclic) bond motifs is 1. The zero-order chi connectivity index (χ0) is 14.1. The van der Waals surface area contributed by atoms with E-state index in [1.165, 1.54) is 50.3 Å². The number of halogens is 1. The molecule has 0 heterocycles. The average Bonchev–Trinajstić information content (AvgIpc) is 2.89. The molecule has 0 amide bonds. The fraction of sp³-hybridized carbons (Fsp3) is 0.588. The minimum Gasteiger partial charge on any atom is -0.469 e. The van der Waals surface area contributed by atoms with E-state index in [2.05, 4.69) is 6.07 Å². The highest BCUT2D eigenvalue weighted by molar-refractivity contribution is 6.31. The van der Waals surface area contributed by atoms with Crippen molar-refractivity contribution in [3.8, 4) is 0 Å². The van der Waals surface area contributed by atoms with Crippen LogP contribution in [0.4, 0.5) is 0 Å². The van der Waals surface area contributed by atoms with E-state index in [1.54, 1.807) is 0 Å². The fourth-order valence-electron chi connectivity index (χ4n) is 3.76. The van der Waals surface area contributed by atoms with Crippen molar-refractivity contribution in [3.05, 3.63) is 33.8 Å². The molecule has 1 aromatic rings. The van der Waals surface area contributed by atoms with Crippen LogP contribution in [0.3, 0.4) is 0 Å². The Morgan fingerprint density at radius 1 is 1.15 bits per heavy atom. The van der Waals surface area contributed by atoms with Crippen molar-refractivity contribution >= 4 is 17.6 Å². The quantitative estimate of drug-likeness (QED) is 0.745. The molecule has 1 saturated carbocycles. The van der Waals surface area contributed by atoms with E-state index in [0.717, 1.165) is 23.4 Å². The molecule has 1 aromatic carbocycles. The lowest BCUT2D eigenvalue weighted by Crippen LogP contribution is -2.11. The first-order valence-corrected chi connectivity index (χ1v) is 7.98. The predicted octanol–water partition coefficient (Wildman–Crippen LogP) is 4.59. The van der Waals surface area contributed by atoms with Gasteiger partial charge >= 0.3 is 5.97 Å². The second kappa shape index (κ2) is 5.77. The summed E-state index contributed by atoms with van der Waals surface area (Å²) < 4.78 is 4.90. The van der Waals surface area contributed by atoms with Crippen molar-refractivity contribution in [1.82, 2.24) is 0 Å². The molecule has 0 spiro atoms. The lowest BCUT2D eigenvalue weighted by Gasteiger charge is -2.24. The summed E-state index contributed by atoms with van der Waals surface area (Å²) >= 11 is 6.50. The molecule has 2 aliphatic rings. The van der Waals surface area contributed by atoms with Gasteiger partial charge in [0.05, 0.1) is 13.0 Å².